The van der Waals surface area contributed by atoms with E-state index in [1.165, 1.54) is 41.9 Å². The molecule has 0 bridgehead atoms. The number of aromatic amines is 1. The van der Waals surface area contributed by atoms with Crippen molar-refractivity contribution in [2.75, 3.05) is 18.0 Å². The SMILES string of the molecule is O=C(O)c1cncc(OCc2nc3nc(N4CCC(Oc5cc(F)ccc5Br)CC4)sc3c(=O)[nH]2)c1. The number of carboxylic acid groups (broad SMARTS) is 1. The molecular weight excluding hydrogens is 557 g/mol. The van der Waals surface area contributed by atoms with Crippen LogP contribution in [-0.4, -0.2) is 50.2 Å². The summed E-state index contributed by atoms with van der Waals surface area (Å²) in [7, 11) is 0. The standard InChI is InChI=1S/C23H19BrFN5O5S/c24-16-2-1-13(25)8-17(16)35-14-3-5-30(6-4-14)23-29-20-19(36-23)21(31)28-18(27-20)11-34-15-7-12(22(32)33)9-26-10-15/h1-2,7-10,14H,3-6,11H2,(H,32,33)(H,27,28,31). The van der Waals surface area contributed by atoms with Crippen LogP contribution in [-0.2, 0) is 6.61 Å². The highest BCUT2D eigenvalue weighted by molar-refractivity contribution is 9.10. The molecule has 4 heterocycles. The Kier molecular flexibility index (Phi) is 6.83. The van der Waals surface area contributed by atoms with Crippen molar-refractivity contribution < 1.29 is 23.8 Å². The number of nitrogens with one attached hydrogen (secondary N) is 1. The highest BCUT2D eigenvalue weighted by Crippen LogP contribution is 2.31. The Labute approximate surface area is 215 Å². The number of halogens is 2. The van der Waals surface area contributed by atoms with Crippen LogP contribution in [0.15, 0.2) is 45.9 Å². The van der Waals surface area contributed by atoms with Crippen LogP contribution < -0.4 is 19.9 Å². The molecule has 0 amide bonds. The zero-order valence-electron chi connectivity index (χ0n) is 18.6. The molecule has 0 spiro atoms. The van der Waals surface area contributed by atoms with E-state index in [9.17, 15) is 14.0 Å². The van der Waals surface area contributed by atoms with Gasteiger partial charge in [-0.1, -0.05) is 11.3 Å². The Morgan fingerprint density at radius 1 is 1.25 bits per heavy atom. The van der Waals surface area contributed by atoms with Gasteiger partial charge in [0.25, 0.3) is 5.56 Å². The van der Waals surface area contributed by atoms with Crippen LogP contribution in [0.5, 0.6) is 11.5 Å². The number of hydrogen-bond donors (Lipinski definition) is 2. The summed E-state index contributed by atoms with van der Waals surface area (Å²) in [6.45, 7) is 1.25. The predicted molar refractivity (Wildman–Crippen MR) is 134 cm³/mol. The fourth-order valence-corrected chi connectivity index (χ4v) is 5.04. The van der Waals surface area contributed by atoms with Gasteiger partial charge in [0.2, 0.25) is 0 Å². The number of carbonyl (C=O) groups is 1. The molecule has 36 heavy (non-hydrogen) atoms. The molecule has 0 unspecified atom stereocenters. The molecule has 5 rings (SSSR count). The van der Waals surface area contributed by atoms with Crippen LogP contribution in [0.4, 0.5) is 9.52 Å². The van der Waals surface area contributed by atoms with E-state index in [1.807, 2.05) is 0 Å². The van der Waals surface area contributed by atoms with Crippen molar-refractivity contribution in [3.05, 3.63) is 68.7 Å². The lowest BCUT2D eigenvalue weighted by atomic mass is 10.1. The number of ether oxygens (including phenoxy) is 2. The normalized spacial score (nSPS) is 14.2. The number of piperidine rings is 1. The Balaban J connectivity index is 1.25. The third-order valence-corrected chi connectivity index (χ3v) is 7.30. The molecule has 0 atom stereocenters. The summed E-state index contributed by atoms with van der Waals surface area (Å²) in [4.78, 5) is 41.3. The summed E-state index contributed by atoms with van der Waals surface area (Å²) in [5.41, 5.74) is -0.0166. The number of hydrogen-bond acceptors (Lipinski definition) is 9. The van der Waals surface area contributed by atoms with Gasteiger partial charge < -0.3 is 24.5 Å². The summed E-state index contributed by atoms with van der Waals surface area (Å²) >= 11 is 4.65. The van der Waals surface area contributed by atoms with Crippen molar-refractivity contribution in [2.45, 2.75) is 25.6 Å². The van der Waals surface area contributed by atoms with Crippen molar-refractivity contribution >= 4 is 48.7 Å². The second kappa shape index (κ2) is 10.2. The van der Waals surface area contributed by atoms with E-state index in [4.69, 9.17) is 14.6 Å². The van der Waals surface area contributed by atoms with Gasteiger partial charge in [0, 0.05) is 38.2 Å². The molecule has 1 aromatic carbocycles. The highest BCUT2D eigenvalue weighted by atomic mass is 79.9. The molecule has 10 nitrogen and oxygen atoms in total. The first-order chi connectivity index (χ1) is 17.4. The quantitative estimate of drug-likeness (QED) is 0.335. The second-order valence-electron chi connectivity index (χ2n) is 8.04. The summed E-state index contributed by atoms with van der Waals surface area (Å²) in [6, 6.07) is 5.69. The molecule has 0 aliphatic carbocycles. The number of pyridine rings is 1. The molecule has 4 aromatic rings. The number of thiazole rings is 1. The Hall–Kier alpha value is -3.58. The van der Waals surface area contributed by atoms with E-state index >= 15 is 0 Å². The van der Waals surface area contributed by atoms with Crippen LogP contribution in [0.25, 0.3) is 10.3 Å². The first-order valence-electron chi connectivity index (χ1n) is 10.9. The first kappa shape index (κ1) is 24.1. The zero-order valence-corrected chi connectivity index (χ0v) is 21.0. The zero-order chi connectivity index (χ0) is 25.2. The van der Waals surface area contributed by atoms with Gasteiger partial charge >= 0.3 is 5.97 Å². The fraction of sp³-hybridized carbons (Fsp3) is 0.261. The molecule has 3 aromatic heterocycles. The first-order valence-corrected chi connectivity index (χ1v) is 12.5. The van der Waals surface area contributed by atoms with Gasteiger partial charge in [-0.25, -0.2) is 14.2 Å². The number of rotatable bonds is 7. The van der Waals surface area contributed by atoms with E-state index in [2.05, 4.69) is 40.8 Å². The maximum Gasteiger partial charge on any atom is 0.337 e. The van der Waals surface area contributed by atoms with E-state index in [1.54, 1.807) is 6.07 Å². The van der Waals surface area contributed by atoms with Crippen LogP contribution in [0, 0.1) is 5.82 Å². The van der Waals surface area contributed by atoms with Crippen molar-refractivity contribution in [1.82, 2.24) is 19.9 Å². The molecule has 1 aliphatic rings. The highest BCUT2D eigenvalue weighted by Gasteiger charge is 2.24. The summed E-state index contributed by atoms with van der Waals surface area (Å²) < 4.78 is 26.2. The lowest BCUT2D eigenvalue weighted by Gasteiger charge is -2.32. The smallest absolute Gasteiger partial charge is 0.337 e. The maximum atomic E-state index is 13.5. The third-order valence-electron chi connectivity index (χ3n) is 5.54. The van der Waals surface area contributed by atoms with Crippen molar-refractivity contribution in [3.8, 4) is 11.5 Å². The average molecular weight is 576 g/mol. The van der Waals surface area contributed by atoms with Crippen molar-refractivity contribution in [3.63, 3.8) is 0 Å². The Bertz CT molecular complexity index is 1490. The van der Waals surface area contributed by atoms with Gasteiger partial charge in [0.15, 0.2) is 10.8 Å². The summed E-state index contributed by atoms with van der Waals surface area (Å²) in [6.07, 6.45) is 3.96. The monoisotopic (exact) mass is 575 g/mol. The van der Waals surface area contributed by atoms with Crippen LogP contribution >= 0.6 is 27.3 Å². The molecule has 1 saturated heterocycles. The van der Waals surface area contributed by atoms with E-state index < -0.39 is 5.97 Å². The molecule has 1 fully saturated rings. The largest absolute Gasteiger partial charge is 0.489 e. The molecule has 0 saturated carbocycles. The minimum Gasteiger partial charge on any atom is -0.489 e. The average Bonchev–Trinajstić information content (AvgIpc) is 3.30. The number of aromatic carboxylic acids is 1. The van der Waals surface area contributed by atoms with Gasteiger partial charge in [0.1, 0.15) is 40.6 Å². The molecular formula is C23H19BrFN5O5S. The minimum absolute atomic E-state index is 0.00807. The third kappa shape index (κ3) is 5.31. The molecule has 13 heteroatoms. The van der Waals surface area contributed by atoms with Gasteiger partial charge in [-0.2, -0.15) is 4.98 Å². The lowest BCUT2D eigenvalue weighted by molar-refractivity contribution is 0.0695. The van der Waals surface area contributed by atoms with E-state index in [-0.39, 0.29) is 41.2 Å². The lowest BCUT2D eigenvalue weighted by Crippen LogP contribution is -2.38. The van der Waals surface area contributed by atoms with Crippen LogP contribution in [0.1, 0.15) is 29.0 Å². The molecule has 1 aliphatic heterocycles. The van der Waals surface area contributed by atoms with Gasteiger partial charge in [-0.3, -0.25) is 9.78 Å². The number of nitrogens with zero attached hydrogens (tertiary/aromatic N) is 4. The predicted octanol–water partition coefficient (Wildman–Crippen LogP) is 4.00. The fourth-order valence-electron chi connectivity index (χ4n) is 3.75. The number of H-pyrrole nitrogens is 1. The molecule has 0 radical (unpaired) electrons. The van der Waals surface area contributed by atoms with E-state index in [0.717, 1.165) is 0 Å². The number of anilines is 1. The van der Waals surface area contributed by atoms with Gasteiger partial charge in [-0.05, 0) is 34.1 Å². The number of carboxylic acids is 1. The Morgan fingerprint density at radius 3 is 2.83 bits per heavy atom. The number of aromatic nitrogens is 4. The maximum absolute atomic E-state index is 13.5. The number of fused-ring (bicyclic) bond motifs is 1. The topological polar surface area (TPSA) is 131 Å². The van der Waals surface area contributed by atoms with Crippen LogP contribution in [0.2, 0.25) is 0 Å². The van der Waals surface area contributed by atoms with Gasteiger partial charge in [-0.15, -0.1) is 0 Å². The van der Waals surface area contributed by atoms with E-state index in [0.29, 0.717) is 51.6 Å². The summed E-state index contributed by atoms with van der Waals surface area (Å²) in [5, 5.41) is 9.76. The number of benzene rings is 1. The minimum atomic E-state index is -1.12. The van der Waals surface area contributed by atoms with Crippen molar-refractivity contribution in [2.24, 2.45) is 0 Å². The second-order valence-corrected chi connectivity index (χ2v) is 9.88. The van der Waals surface area contributed by atoms with Crippen LogP contribution in [0.3, 0.4) is 0 Å². The van der Waals surface area contributed by atoms with Crippen molar-refractivity contribution in [1.29, 1.82) is 0 Å². The molecule has 2 N–H and O–H groups in total. The Morgan fingerprint density at radius 2 is 2.06 bits per heavy atom. The summed E-state index contributed by atoms with van der Waals surface area (Å²) in [5.74, 6) is -0.490. The molecule has 186 valence electrons. The van der Waals surface area contributed by atoms with Gasteiger partial charge in [0.05, 0.1) is 16.2 Å².